The molecule has 2 saturated heterocycles. The van der Waals surface area contributed by atoms with Crippen LogP contribution in [0, 0.1) is 5.92 Å². The molecular weight excluding hydrogens is 306 g/mol. The Balaban J connectivity index is 1.55. The van der Waals surface area contributed by atoms with Gasteiger partial charge in [-0.15, -0.1) is 0 Å². The summed E-state index contributed by atoms with van der Waals surface area (Å²) < 4.78 is 11.3. The average Bonchev–Trinajstić information content (AvgIpc) is 3.31. The van der Waals surface area contributed by atoms with Gasteiger partial charge in [0.2, 0.25) is 5.88 Å². The molecule has 1 saturated carbocycles. The highest BCUT2D eigenvalue weighted by molar-refractivity contribution is 5.93. The van der Waals surface area contributed by atoms with Gasteiger partial charge in [0.15, 0.2) is 0 Å². The van der Waals surface area contributed by atoms with Crippen LogP contribution in [0.2, 0.25) is 0 Å². The molecule has 6 heteroatoms. The van der Waals surface area contributed by atoms with E-state index in [1.807, 2.05) is 17.0 Å². The van der Waals surface area contributed by atoms with Crippen LogP contribution in [0.5, 0.6) is 5.88 Å². The number of pyridine rings is 1. The van der Waals surface area contributed by atoms with Crippen molar-refractivity contribution >= 4 is 11.6 Å². The summed E-state index contributed by atoms with van der Waals surface area (Å²) in [4.78, 5) is 21.4. The average molecular weight is 331 g/mol. The van der Waals surface area contributed by atoms with E-state index in [2.05, 4.69) is 9.88 Å². The van der Waals surface area contributed by atoms with Gasteiger partial charge in [-0.25, -0.2) is 4.98 Å². The van der Waals surface area contributed by atoms with Crippen molar-refractivity contribution in [1.29, 1.82) is 0 Å². The number of amides is 1. The van der Waals surface area contributed by atoms with Crippen LogP contribution >= 0.6 is 0 Å². The van der Waals surface area contributed by atoms with E-state index in [4.69, 9.17) is 9.47 Å². The maximum atomic E-state index is 12.7. The zero-order chi connectivity index (χ0) is 16.4. The van der Waals surface area contributed by atoms with E-state index in [1.54, 1.807) is 0 Å². The molecule has 0 aromatic carbocycles. The second-order valence-electron chi connectivity index (χ2n) is 6.87. The van der Waals surface area contributed by atoms with Crippen LogP contribution in [-0.4, -0.2) is 61.8 Å². The fourth-order valence-electron chi connectivity index (χ4n) is 3.27. The molecule has 1 aliphatic carbocycles. The zero-order valence-electron chi connectivity index (χ0n) is 14.1. The second kappa shape index (κ2) is 6.97. The molecule has 1 amide bonds. The Morgan fingerprint density at radius 1 is 1.17 bits per heavy atom. The summed E-state index contributed by atoms with van der Waals surface area (Å²) in [6.07, 6.45) is 4.89. The maximum Gasteiger partial charge on any atom is 0.272 e. The van der Waals surface area contributed by atoms with Crippen LogP contribution in [0.4, 0.5) is 5.69 Å². The van der Waals surface area contributed by atoms with Gasteiger partial charge < -0.3 is 19.3 Å². The number of anilines is 1. The molecule has 0 spiro atoms. The van der Waals surface area contributed by atoms with Gasteiger partial charge in [0.05, 0.1) is 25.5 Å². The molecule has 1 aromatic rings. The Labute approximate surface area is 142 Å². The highest BCUT2D eigenvalue weighted by Crippen LogP contribution is 2.33. The van der Waals surface area contributed by atoms with Crippen LogP contribution in [0.1, 0.15) is 36.2 Å². The van der Waals surface area contributed by atoms with E-state index in [-0.39, 0.29) is 5.91 Å². The molecule has 3 fully saturated rings. The van der Waals surface area contributed by atoms with Crippen molar-refractivity contribution in [3.63, 3.8) is 0 Å². The lowest BCUT2D eigenvalue weighted by Crippen LogP contribution is -2.41. The molecular formula is C18H25N3O3. The van der Waals surface area contributed by atoms with Crippen LogP contribution in [-0.2, 0) is 4.74 Å². The molecule has 1 aromatic heterocycles. The quantitative estimate of drug-likeness (QED) is 0.825. The molecule has 3 heterocycles. The summed E-state index contributed by atoms with van der Waals surface area (Å²) in [6, 6.07) is 3.85. The van der Waals surface area contributed by atoms with Gasteiger partial charge in [-0.1, -0.05) is 0 Å². The molecule has 24 heavy (non-hydrogen) atoms. The van der Waals surface area contributed by atoms with Crippen molar-refractivity contribution in [3.05, 3.63) is 17.8 Å². The molecule has 130 valence electrons. The first-order chi connectivity index (χ1) is 11.8. The third kappa shape index (κ3) is 3.48. The lowest BCUT2D eigenvalue weighted by Gasteiger charge is -2.27. The molecule has 6 nitrogen and oxygen atoms in total. The molecule has 0 radical (unpaired) electrons. The van der Waals surface area contributed by atoms with Crippen molar-refractivity contribution in [2.45, 2.75) is 25.7 Å². The zero-order valence-corrected chi connectivity index (χ0v) is 14.1. The van der Waals surface area contributed by atoms with E-state index >= 15 is 0 Å². The van der Waals surface area contributed by atoms with Crippen molar-refractivity contribution in [2.75, 3.05) is 50.9 Å². The first-order valence-electron chi connectivity index (χ1n) is 9.07. The highest BCUT2D eigenvalue weighted by atomic mass is 16.5. The summed E-state index contributed by atoms with van der Waals surface area (Å²) in [5, 5.41) is 0. The SMILES string of the molecule is O=C(c1ccc(N2CCCC2)c(OCC2CC2)n1)N1CCOCC1. The Morgan fingerprint density at radius 2 is 1.92 bits per heavy atom. The number of nitrogens with zero attached hydrogens (tertiary/aromatic N) is 3. The smallest absolute Gasteiger partial charge is 0.272 e. The Kier molecular flexibility index (Phi) is 4.56. The van der Waals surface area contributed by atoms with E-state index in [0.717, 1.165) is 18.8 Å². The third-order valence-electron chi connectivity index (χ3n) is 4.96. The topological polar surface area (TPSA) is 54.9 Å². The van der Waals surface area contributed by atoms with Crippen LogP contribution in [0.15, 0.2) is 12.1 Å². The predicted molar refractivity (Wildman–Crippen MR) is 90.6 cm³/mol. The number of rotatable bonds is 5. The Hall–Kier alpha value is -1.82. The first-order valence-corrected chi connectivity index (χ1v) is 9.07. The number of ether oxygens (including phenoxy) is 2. The van der Waals surface area contributed by atoms with E-state index in [0.29, 0.717) is 50.4 Å². The monoisotopic (exact) mass is 331 g/mol. The normalized spacial score (nSPS) is 21.2. The minimum atomic E-state index is -0.0254. The highest BCUT2D eigenvalue weighted by Gasteiger charge is 2.26. The fourth-order valence-corrected chi connectivity index (χ4v) is 3.27. The predicted octanol–water partition coefficient (Wildman–Crippen LogP) is 1.94. The minimum absolute atomic E-state index is 0.0254. The summed E-state index contributed by atoms with van der Waals surface area (Å²) in [7, 11) is 0. The van der Waals surface area contributed by atoms with E-state index in [9.17, 15) is 4.79 Å². The van der Waals surface area contributed by atoms with Crippen molar-refractivity contribution < 1.29 is 14.3 Å². The Morgan fingerprint density at radius 3 is 2.62 bits per heavy atom. The fraction of sp³-hybridized carbons (Fsp3) is 0.667. The maximum absolute atomic E-state index is 12.7. The van der Waals surface area contributed by atoms with Gasteiger partial charge in [0, 0.05) is 26.2 Å². The third-order valence-corrected chi connectivity index (χ3v) is 4.96. The summed E-state index contributed by atoms with van der Waals surface area (Å²) in [5.74, 6) is 1.27. The number of carbonyl (C=O) groups is 1. The summed E-state index contributed by atoms with van der Waals surface area (Å²) in [5.41, 5.74) is 1.51. The number of hydrogen-bond acceptors (Lipinski definition) is 5. The number of carbonyl (C=O) groups excluding carboxylic acids is 1. The van der Waals surface area contributed by atoms with Gasteiger partial charge in [-0.3, -0.25) is 4.79 Å². The van der Waals surface area contributed by atoms with Gasteiger partial charge in [0.25, 0.3) is 5.91 Å². The lowest BCUT2D eigenvalue weighted by atomic mass is 10.2. The number of morpholine rings is 1. The van der Waals surface area contributed by atoms with Gasteiger partial charge in [-0.2, -0.15) is 0 Å². The van der Waals surface area contributed by atoms with Crippen LogP contribution in [0.3, 0.4) is 0 Å². The van der Waals surface area contributed by atoms with E-state index < -0.39 is 0 Å². The largest absolute Gasteiger partial charge is 0.476 e. The van der Waals surface area contributed by atoms with Crippen LogP contribution < -0.4 is 9.64 Å². The molecule has 2 aliphatic heterocycles. The number of aromatic nitrogens is 1. The lowest BCUT2D eigenvalue weighted by molar-refractivity contribution is 0.0298. The first kappa shape index (κ1) is 15.7. The standard InChI is InChI=1S/C18H25N3O3/c22-18(21-9-11-23-12-10-21)15-5-6-16(20-7-1-2-8-20)17(19-15)24-13-14-3-4-14/h5-6,14H,1-4,7-13H2. The molecule has 3 aliphatic rings. The van der Waals surface area contributed by atoms with Crippen LogP contribution in [0.25, 0.3) is 0 Å². The molecule has 0 N–H and O–H groups in total. The minimum Gasteiger partial charge on any atom is -0.476 e. The number of hydrogen-bond donors (Lipinski definition) is 0. The van der Waals surface area contributed by atoms with Crippen molar-refractivity contribution in [3.8, 4) is 5.88 Å². The molecule has 0 unspecified atom stereocenters. The van der Waals surface area contributed by atoms with E-state index in [1.165, 1.54) is 25.7 Å². The van der Waals surface area contributed by atoms with Crippen molar-refractivity contribution in [2.24, 2.45) is 5.92 Å². The molecule has 0 atom stereocenters. The van der Waals surface area contributed by atoms with Crippen molar-refractivity contribution in [1.82, 2.24) is 9.88 Å². The Bertz CT molecular complexity index is 591. The second-order valence-corrected chi connectivity index (χ2v) is 6.87. The van der Waals surface area contributed by atoms with Gasteiger partial charge >= 0.3 is 0 Å². The van der Waals surface area contributed by atoms with Gasteiger partial charge in [0.1, 0.15) is 5.69 Å². The van der Waals surface area contributed by atoms with Gasteiger partial charge in [-0.05, 0) is 43.7 Å². The summed E-state index contributed by atoms with van der Waals surface area (Å²) >= 11 is 0. The summed E-state index contributed by atoms with van der Waals surface area (Å²) in [6.45, 7) is 5.25. The molecule has 4 rings (SSSR count). The molecule has 0 bridgehead atoms.